The van der Waals surface area contributed by atoms with Crippen molar-refractivity contribution in [2.24, 2.45) is 0 Å². The molecule has 0 aromatic heterocycles. The minimum absolute atomic E-state index is 0.0384. The minimum Gasteiger partial charge on any atom is -0.756 e. The lowest BCUT2D eigenvalue weighted by molar-refractivity contribution is -0.870. The molecule has 0 bridgehead atoms. The Bertz CT molecular complexity index is 986. The van der Waals surface area contributed by atoms with Crippen molar-refractivity contribution in [1.29, 1.82) is 0 Å². The Morgan fingerprint density at radius 1 is 0.633 bits per heavy atom. The van der Waals surface area contributed by atoms with Gasteiger partial charge in [-0.2, -0.15) is 0 Å². The van der Waals surface area contributed by atoms with E-state index in [1.165, 1.54) is 38.5 Å². The van der Waals surface area contributed by atoms with E-state index in [0.717, 1.165) is 64.2 Å². The van der Waals surface area contributed by atoms with Crippen LogP contribution in [-0.2, 0) is 32.7 Å². The van der Waals surface area contributed by atoms with Crippen LogP contribution in [0.15, 0.2) is 48.6 Å². The SMILES string of the molecule is CCC/C=C/C/C=C/C/C=C/C/C=C/CCCCCC(=O)O[C@H](COC(=O)CCCCCCCCCC)COP(=O)([O-])OCC[N+](C)(C)C. The summed E-state index contributed by atoms with van der Waals surface area (Å²) in [5, 5.41) is 0. The zero-order valence-electron chi connectivity index (χ0n) is 31.6. The maximum Gasteiger partial charge on any atom is 0.306 e. The molecule has 49 heavy (non-hydrogen) atoms. The lowest BCUT2D eigenvalue weighted by Crippen LogP contribution is -2.37. The van der Waals surface area contributed by atoms with Gasteiger partial charge in [0.1, 0.15) is 19.8 Å². The first kappa shape index (κ1) is 47.0. The lowest BCUT2D eigenvalue weighted by atomic mass is 10.1. The van der Waals surface area contributed by atoms with Crippen molar-refractivity contribution in [3.05, 3.63) is 48.6 Å². The van der Waals surface area contributed by atoms with E-state index in [4.69, 9.17) is 18.5 Å². The van der Waals surface area contributed by atoms with E-state index in [1.54, 1.807) is 0 Å². The van der Waals surface area contributed by atoms with Gasteiger partial charge in [-0.1, -0.05) is 120 Å². The molecule has 0 saturated heterocycles. The van der Waals surface area contributed by atoms with E-state index >= 15 is 0 Å². The molecule has 0 saturated carbocycles. The predicted octanol–water partition coefficient (Wildman–Crippen LogP) is 9.33. The van der Waals surface area contributed by atoms with Crippen molar-refractivity contribution >= 4 is 19.8 Å². The van der Waals surface area contributed by atoms with Gasteiger partial charge in [-0.25, -0.2) is 0 Å². The van der Waals surface area contributed by atoms with E-state index in [-0.39, 0.29) is 26.1 Å². The lowest BCUT2D eigenvalue weighted by Gasteiger charge is -2.28. The Labute approximate surface area is 299 Å². The molecule has 0 spiro atoms. The van der Waals surface area contributed by atoms with Crippen LogP contribution in [0, 0.1) is 0 Å². The molecule has 1 unspecified atom stereocenters. The van der Waals surface area contributed by atoms with E-state index < -0.39 is 32.5 Å². The van der Waals surface area contributed by atoms with Crippen LogP contribution in [0.3, 0.4) is 0 Å². The summed E-state index contributed by atoms with van der Waals surface area (Å²) in [5.74, 6) is -0.881. The van der Waals surface area contributed by atoms with Crippen LogP contribution in [0.1, 0.15) is 136 Å². The van der Waals surface area contributed by atoms with Crippen LogP contribution < -0.4 is 4.89 Å². The normalized spacial score (nSPS) is 14.3. The number of rotatable bonds is 33. The van der Waals surface area contributed by atoms with Crippen LogP contribution in [0.5, 0.6) is 0 Å². The molecule has 0 aromatic carbocycles. The van der Waals surface area contributed by atoms with Gasteiger partial charge in [0.25, 0.3) is 7.82 Å². The van der Waals surface area contributed by atoms with Crippen molar-refractivity contribution in [3.8, 4) is 0 Å². The average Bonchev–Trinajstić information content (AvgIpc) is 3.04. The summed E-state index contributed by atoms with van der Waals surface area (Å²) in [5.41, 5.74) is 0. The van der Waals surface area contributed by atoms with Crippen LogP contribution >= 0.6 is 7.82 Å². The van der Waals surface area contributed by atoms with Crippen LogP contribution in [-0.4, -0.2) is 70.0 Å². The van der Waals surface area contributed by atoms with Gasteiger partial charge in [0.15, 0.2) is 6.10 Å². The molecule has 0 radical (unpaired) electrons. The van der Waals surface area contributed by atoms with E-state index in [9.17, 15) is 19.0 Å². The fourth-order valence-corrected chi connectivity index (χ4v) is 5.31. The molecule has 9 nitrogen and oxygen atoms in total. The largest absolute Gasteiger partial charge is 0.756 e. The molecule has 0 aliphatic carbocycles. The second-order valence-corrected chi connectivity index (χ2v) is 15.0. The summed E-state index contributed by atoms with van der Waals surface area (Å²) in [4.78, 5) is 37.2. The Morgan fingerprint density at radius 3 is 1.71 bits per heavy atom. The van der Waals surface area contributed by atoms with E-state index in [2.05, 4.69) is 62.5 Å². The molecule has 284 valence electrons. The van der Waals surface area contributed by atoms with Crippen molar-refractivity contribution in [1.82, 2.24) is 0 Å². The number of quaternary nitrogens is 1. The Hall–Kier alpha value is -2.03. The maximum absolute atomic E-state index is 12.6. The smallest absolute Gasteiger partial charge is 0.306 e. The van der Waals surface area contributed by atoms with Gasteiger partial charge < -0.3 is 27.9 Å². The average molecular weight is 712 g/mol. The quantitative estimate of drug-likeness (QED) is 0.0218. The summed E-state index contributed by atoms with van der Waals surface area (Å²) in [6.07, 6.45) is 34.3. The maximum atomic E-state index is 12.6. The minimum atomic E-state index is -4.62. The first-order valence-corrected chi connectivity index (χ1v) is 20.3. The number of carbonyl (C=O) groups excluding carboxylic acids is 2. The van der Waals surface area contributed by atoms with Crippen molar-refractivity contribution in [2.45, 2.75) is 142 Å². The van der Waals surface area contributed by atoms with Crippen molar-refractivity contribution in [2.75, 3.05) is 47.5 Å². The molecule has 0 aromatic rings. The second-order valence-electron chi connectivity index (χ2n) is 13.6. The van der Waals surface area contributed by atoms with Gasteiger partial charge in [-0.05, 0) is 51.4 Å². The van der Waals surface area contributed by atoms with Crippen molar-refractivity contribution < 1.29 is 42.1 Å². The zero-order valence-corrected chi connectivity index (χ0v) is 32.5. The van der Waals surface area contributed by atoms with Crippen LogP contribution in [0.4, 0.5) is 0 Å². The molecule has 0 heterocycles. The Kier molecular flexibility index (Phi) is 30.6. The molecule has 0 rings (SSSR count). The summed E-state index contributed by atoms with van der Waals surface area (Å²) >= 11 is 0. The standard InChI is InChI=1S/C39H70NO8P/c1-6-8-10-12-14-16-17-18-19-20-21-22-23-24-26-28-30-32-39(42)48-37(36-47-49(43,44)46-34-33-40(3,4)5)35-45-38(41)31-29-27-25-15-13-11-9-7-2/h10,12,16-17,19-20,22-23,37H,6-9,11,13-15,18,21,24-36H2,1-5H3/b12-10+,17-16+,20-19+,23-22+/t37-/m1/s1. The third kappa shape index (κ3) is 35.6. The van der Waals surface area contributed by atoms with Gasteiger partial charge in [-0.3, -0.25) is 14.2 Å². The summed E-state index contributed by atoms with van der Waals surface area (Å²) in [7, 11) is 1.13. The van der Waals surface area contributed by atoms with Gasteiger partial charge >= 0.3 is 11.9 Å². The molecule has 0 aliphatic rings. The highest BCUT2D eigenvalue weighted by molar-refractivity contribution is 7.45. The molecular formula is C39H70NO8P. The molecule has 0 fully saturated rings. The van der Waals surface area contributed by atoms with Gasteiger partial charge in [0, 0.05) is 12.8 Å². The number of esters is 2. The van der Waals surface area contributed by atoms with Crippen molar-refractivity contribution in [3.63, 3.8) is 0 Å². The monoisotopic (exact) mass is 711 g/mol. The highest BCUT2D eigenvalue weighted by atomic mass is 31.2. The van der Waals surface area contributed by atoms with Crippen LogP contribution in [0.2, 0.25) is 0 Å². The number of nitrogens with zero attached hydrogens (tertiary/aromatic N) is 1. The number of ether oxygens (including phenoxy) is 2. The molecular weight excluding hydrogens is 641 g/mol. The topological polar surface area (TPSA) is 111 Å². The molecule has 0 aliphatic heterocycles. The van der Waals surface area contributed by atoms with Gasteiger partial charge in [0.2, 0.25) is 0 Å². The number of carbonyl (C=O) groups is 2. The van der Waals surface area contributed by atoms with E-state index in [1.807, 2.05) is 21.1 Å². The highest BCUT2D eigenvalue weighted by Crippen LogP contribution is 2.38. The number of unbranched alkanes of at least 4 members (excludes halogenated alkanes) is 11. The predicted molar refractivity (Wildman–Crippen MR) is 199 cm³/mol. The fraction of sp³-hybridized carbons (Fsp3) is 0.744. The van der Waals surface area contributed by atoms with E-state index in [0.29, 0.717) is 17.4 Å². The summed E-state index contributed by atoms with van der Waals surface area (Å²) in [6.45, 7) is 4.05. The molecule has 0 amide bonds. The van der Waals surface area contributed by atoms with Gasteiger partial charge in [-0.15, -0.1) is 0 Å². The van der Waals surface area contributed by atoms with Crippen LogP contribution in [0.25, 0.3) is 0 Å². The second kappa shape index (κ2) is 31.9. The first-order valence-electron chi connectivity index (χ1n) is 18.8. The molecule has 0 N–H and O–H groups in total. The highest BCUT2D eigenvalue weighted by Gasteiger charge is 2.21. The summed E-state index contributed by atoms with van der Waals surface area (Å²) < 4.78 is 33.6. The number of phosphoric ester groups is 1. The summed E-state index contributed by atoms with van der Waals surface area (Å²) in [6, 6.07) is 0. The Balaban J connectivity index is 4.49. The third-order valence-electron chi connectivity index (χ3n) is 7.58. The fourth-order valence-electron chi connectivity index (χ4n) is 4.58. The molecule has 2 atom stereocenters. The van der Waals surface area contributed by atoms with Gasteiger partial charge in [0.05, 0.1) is 27.7 Å². The zero-order chi connectivity index (χ0) is 36.5. The first-order chi connectivity index (χ1) is 23.5. The Morgan fingerprint density at radius 2 is 1.14 bits per heavy atom. The number of allylic oxidation sites excluding steroid dienone is 8. The molecule has 10 heteroatoms. The number of phosphoric acid groups is 1. The third-order valence-corrected chi connectivity index (χ3v) is 8.55. The number of likely N-dealkylation sites (N-methyl/N-ethyl adjacent to an activating group) is 1. The number of hydrogen-bond donors (Lipinski definition) is 0. The number of hydrogen-bond acceptors (Lipinski definition) is 8.